The van der Waals surface area contributed by atoms with Crippen molar-refractivity contribution in [3.05, 3.63) is 59.5 Å². The number of nitrogens with zero attached hydrogens (tertiary/aromatic N) is 1. The Balaban J connectivity index is 2.16. The van der Waals surface area contributed by atoms with Gasteiger partial charge in [0.05, 0.1) is 6.61 Å². The van der Waals surface area contributed by atoms with Gasteiger partial charge >= 0.3 is 5.97 Å². The van der Waals surface area contributed by atoms with Crippen molar-refractivity contribution in [2.75, 3.05) is 13.2 Å². The maximum absolute atomic E-state index is 12.3. The van der Waals surface area contributed by atoms with Crippen molar-refractivity contribution < 1.29 is 24.2 Å². The second-order valence-electron chi connectivity index (χ2n) is 4.40. The summed E-state index contributed by atoms with van der Waals surface area (Å²) < 4.78 is 5.00. The Morgan fingerprint density at radius 1 is 1.05 bits per heavy atom. The van der Waals surface area contributed by atoms with Gasteiger partial charge in [0.2, 0.25) is 5.76 Å². The molecule has 2 rings (SSSR count). The number of hydrogen-bond donors (Lipinski definition) is 2. The van der Waals surface area contributed by atoms with Crippen LogP contribution in [0, 0.1) is 0 Å². The Hall–Kier alpha value is -2.60. The average Bonchev–Trinajstić information content (AvgIpc) is 2.97. The standard InChI is InChI=1S/C15H15NO5/c17-9-8-16(10-11-4-2-1-3-5-11)14(18)12-6-7-13(21-12)15(19)20/h1-7,17H,8-10H2,(H,19,20). The third kappa shape index (κ3) is 3.70. The van der Waals surface area contributed by atoms with Crippen LogP contribution < -0.4 is 0 Å². The SMILES string of the molecule is O=C(O)c1ccc(C(=O)N(CCO)Cc2ccccc2)o1. The molecule has 0 radical (unpaired) electrons. The number of hydrogen-bond acceptors (Lipinski definition) is 4. The largest absolute Gasteiger partial charge is 0.475 e. The molecule has 6 heteroatoms. The first-order chi connectivity index (χ1) is 10.1. The molecule has 2 N–H and O–H groups in total. The molecule has 2 aromatic rings. The zero-order valence-corrected chi connectivity index (χ0v) is 11.2. The summed E-state index contributed by atoms with van der Waals surface area (Å²) in [6.45, 7) is 0.255. The van der Waals surface area contributed by atoms with Crippen LogP contribution in [-0.4, -0.2) is 40.1 Å². The Bertz CT molecular complexity index is 620. The summed E-state index contributed by atoms with van der Waals surface area (Å²) in [5.74, 6) is -2.04. The van der Waals surface area contributed by atoms with E-state index in [-0.39, 0.29) is 24.7 Å². The van der Waals surface area contributed by atoms with Gasteiger partial charge in [0.1, 0.15) is 0 Å². The van der Waals surface area contributed by atoms with Gasteiger partial charge in [-0.2, -0.15) is 0 Å². The number of carboxylic acids is 1. The van der Waals surface area contributed by atoms with Gasteiger partial charge in [-0.1, -0.05) is 30.3 Å². The molecule has 0 aliphatic rings. The number of rotatable bonds is 6. The van der Waals surface area contributed by atoms with Crippen LogP contribution in [0.15, 0.2) is 46.9 Å². The lowest BCUT2D eigenvalue weighted by Crippen LogP contribution is -2.32. The highest BCUT2D eigenvalue weighted by Crippen LogP contribution is 2.13. The zero-order chi connectivity index (χ0) is 15.2. The predicted molar refractivity (Wildman–Crippen MR) is 73.9 cm³/mol. The predicted octanol–water partition coefficient (Wildman–Crippen LogP) is 1.61. The van der Waals surface area contributed by atoms with Gasteiger partial charge in [0.15, 0.2) is 5.76 Å². The van der Waals surface area contributed by atoms with Crippen LogP contribution in [0.2, 0.25) is 0 Å². The van der Waals surface area contributed by atoms with E-state index in [1.165, 1.54) is 17.0 Å². The summed E-state index contributed by atoms with van der Waals surface area (Å²) in [4.78, 5) is 24.5. The number of furan rings is 1. The summed E-state index contributed by atoms with van der Waals surface area (Å²) in [6.07, 6.45) is 0. The van der Waals surface area contributed by atoms with Crippen LogP contribution in [0.1, 0.15) is 26.7 Å². The fourth-order valence-electron chi connectivity index (χ4n) is 1.90. The minimum atomic E-state index is -1.23. The normalized spacial score (nSPS) is 10.3. The summed E-state index contributed by atoms with van der Waals surface area (Å²) in [7, 11) is 0. The van der Waals surface area contributed by atoms with Gasteiger partial charge in [-0.05, 0) is 17.7 Å². The molecule has 0 bridgehead atoms. The minimum absolute atomic E-state index is 0.0585. The molecule has 0 saturated heterocycles. The number of benzene rings is 1. The molecule has 0 atom stereocenters. The van der Waals surface area contributed by atoms with Crippen LogP contribution in [0.4, 0.5) is 0 Å². The summed E-state index contributed by atoms with van der Waals surface area (Å²) in [5, 5.41) is 17.9. The number of carbonyl (C=O) groups excluding carboxylic acids is 1. The molecule has 1 heterocycles. The Morgan fingerprint density at radius 3 is 2.29 bits per heavy atom. The highest BCUT2D eigenvalue weighted by atomic mass is 16.4. The Morgan fingerprint density at radius 2 is 1.71 bits per heavy atom. The molecule has 1 aromatic carbocycles. The fraction of sp³-hybridized carbons (Fsp3) is 0.200. The first-order valence-corrected chi connectivity index (χ1v) is 6.39. The molecule has 6 nitrogen and oxygen atoms in total. The lowest BCUT2D eigenvalue weighted by atomic mass is 10.2. The molecule has 1 aromatic heterocycles. The van der Waals surface area contributed by atoms with Crippen molar-refractivity contribution in [1.82, 2.24) is 4.90 Å². The smallest absolute Gasteiger partial charge is 0.371 e. The van der Waals surface area contributed by atoms with E-state index in [0.29, 0.717) is 6.54 Å². The molecule has 0 spiro atoms. The van der Waals surface area contributed by atoms with Crippen molar-refractivity contribution in [2.45, 2.75) is 6.54 Å². The molecule has 0 aliphatic carbocycles. The van der Waals surface area contributed by atoms with Gasteiger partial charge in [-0.25, -0.2) is 4.79 Å². The van der Waals surface area contributed by atoms with Crippen molar-refractivity contribution in [2.24, 2.45) is 0 Å². The van der Waals surface area contributed by atoms with Crippen LogP contribution >= 0.6 is 0 Å². The third-order valence-electron chi connectivity index (χ3n) is 2.90. The number of aliphatic hydroxyl groups is 1. The molecule has 1 amide bonds. The highest BCUT2D eigenvalue weighted by molar-refractivity contribution is 5.93. The molecule has 110 valence electrons. The number of aliphatic hydroxyl groups excluding tert-OH is 1. The molecule has 21 heavy (non-hydrogen) atoms. The van der Waals surface area contributed by atoms with E-state index in [1.54, 1.807) is 0 Å². The van der Waals surface area contributed by atoms with E-state index < -0.39 is 11.9 Å². The summed E-state index contributed by atoms with van der Waals surface area (Å²) >= 11 is 0. The molecular weight excluding hydrogens is 274 g/mol. The highest BCUT2D eigenvalue weighted by Gasteiger charge is 2.20. The number of amides is 1. The number of carbonyl (C=O) groups is 2. The van der Waals surface area contributed by atoms with E-state index in [1.807, 2.05) is 30.3 Å². The topological polar surface area (TPSA) is 91.0 Å². The monoisotopic (exact) mass is 289 g/mol. The van der Waals surface area contributed by atoms with Crippen LogP contribution in [0.3, 0.4) is 0 Å². The van der Waals surface area contributed by atoms with E-state index in [4.69, 9.17) is 14.6 Å². The molecule has 0 fully saturated rings. The minimum Gasteiger partial charge on any atom is -0.475 e. The zero-order valence-electron chi connectivity index (χ0n) is 11.2. The van der Waals surface area contributed by atoms with E-state index >= 15 is 0 Å². The lowest BCUT2D eigenvalue weighted by Gasteiger charge is -2.20. The summed E-state index contributed by atoms with van der Waals surface area (Å²) in [6, 6.07) is 11.9. The van der Waals surface area contributed by atoms with Crippen LogP contribution in [0.25, 0.3) is 0 Å². The van der Waals surface area contributed by atoms with E-state index in [0.717, 1.165) is 5.56 Å². The van der Waals surface area contributed by atoms with Crippen molar-refractivity contribution in [3.8, 4) is 0 Å². The molecular formula is C15H15NO5. The van der Waals surface area contributed by atoms with Crippen LogP contribution in [0.5, 0.6) is 0 Å². The van der Waals surface area contributed by atoms with Crippen LogP contribution in [-0.2, 0) is 6.54 Å². The third-order valence-corrected chi connectivity index (χ3v) is 2.90. The first-order valence-electron chi connectivity index (χ1n) is 6.39. The van der Waals surface area contributed by atoms with Gasteiger partial charge in [-0.3, -0.25) is 4.79 Å². The summed E-state index contributed by atoms with van der Waals surface area (Å²) in [5.41, 5.74) is 0.907. The van der Waals surface area contributed by atoms with Gasteiger partial charge < -0.3 is 19.5 Å². The van der Waals surface area contributed by atoms with Crippen molar-refractivity contribution >= 4 is 11.9 Å². The van der Waals surface area contributed by atoms with Crippen molar-refractivity contribution in [1.29, 1.82) is 0 Å². The van der Waals surface area contributed by atoms with E-state index in [9.17, 15) is 9.59 Å². The molecule has 0 aliphatic heterocycles. The van der Waals surface area contributed by atoms with E-state index in [2.05, 4.69) is 0 Å². The number of aromatic carboxylic acids is 1. The molecule has 0 saturated carbocycles. The van der Waals surface area contributed by atoms with Crippen molar-refractivity contribution in [3.63, 3.8) is 0 Å². The van der Waals surface area contributed by atoms with Gasteiger partial charge in [-0.15, -0.1) is 0 Å². The maximum Gasteiger partial charge on any atom is 0.371 e. The average molecular weight is 289 g/mol. The Kier molecular flexibility index (Phi) is 4.73. The first kappa shape index (κ1) is 14.8. The van der Waals surface area contributed by atoms with Gasteiger partial charge in [0.25, 0.3) is 5.91 Å². The fourth-order valence-corrected chi connectivity index (χ4v) is 1.90. The number of carboxylic acid groups (broad SMARTS) is 1. The molecule has 0 unspecified atom stereocenters. The quantitative estimate of drug-likeness (QED) is 0.843. The van der Waals surface area contributed by atoms with Gasteiger partial charge in [0, 0.05) is 13.1 Å². The lowest BCUT2D eigenvalue weighted by molar-refractivity contribution is 0.0636. The second kappa shape index (κ2) is 6.71. The maximum atomic E-state index is 12.3. The Labute approximate surface area is 121 Å². The second-order valence-corrected chi connectivity index (χ2v) is 4.40.